The Balaban J connectivity index is 0.00000144. The third-order valence-corrected chi connectivity index (χ3v) is 2.07. The molecule has 0 aromatic heterocycles. The predicted molar refractivity (Wildman–Crippen MR) is 58.9 cm³/mol. The molecule has 13 heavy (non-hydrogen) atoms. The summed E-state index contributed by atoms with van der Waals surface area (Å²) in [6, 6.07) is 9.66. The van der Waals surface area contributed by atoms with Gasteiger partial charge in [0.1, 0.15) is 5.75 Å². The van der Waals surface area contributed by atoms with Crippen molar-refractivity contribution in [3.05, 3.63) is 30.3 Å². The van der Waals surface area contributed by atoms with Gasteiger partial charge in [-0.2, -0.15) is 0 Å². The van der Waals surface area contributed by atoms with Crippen LogP contribution in [-0.4, -0.2) is 6.10 Å². The minimum atomic E-state index is 0. The van der Waals surface area contributed by atoms with Crippen molar-refractivity contribution in [2.75, 3.05) is 0 Å². The van der Waals surface area contributed by atoms with Crippen LogP contribution in [0.4, 0.5) is 0 Å². The van der Waals surface area contributed by atoms with Crippen molar-refractivity contribution in [2.24, 2.45) is 0 Å². The van der Waals surface area contributed by atoms with E-state index in [0.717, 1.165) is 5.75 Å². The lowest BCUT2D eigenvalue weighted by molar-refractivity contribution is 0.256. The zero-order valence-corrected chi connectivity index (χ0v) is 9.51. The summed E-state index contributed by atoms with van der Waals surface area (Å²) < 4.78 is 10.6. The summed E-state index contributed by atoms with van der Waals surface area (Å²) in [7, 11) is 0.0900. The molecule has 74 valence electrons. The van der Waals surface area contributed by atoms with E-state index in [4.69, 9.17) is 9.05 Å². The first-order valence-corrected chi connectivity index (χ1v) is 4.73. The highest BCUT2D eigenvalue weighted by molar-refractivity contribution is 7.26. The fourth-order valence-corrected chi connectivity index (χ4v) is 1.13. The molecule has 0 amide bonds. The Kier molecular flexibility index (Phi) is 6.97. The number of hydrogen-bond acceptors (Lipinski definition) is 2. The highest BCUT2D eigenvalue weighted by atomic mass is 35.5. The SMILES string of the molecule is CC(C)OPOc1ccccc1.Cl. The van der Waals surface area contributed by atoms with E-state index < -0.39 is 0 Å². The fourth-order valence-electron chi connectivity index (χ4n) is 0.657. The van der Waals surface area contributed by atoms with Crippen LogP contribution in [0.15, 0.2) is 30.3 Å². The highest BCUT2D eigenvalue weighted by Crippen LogP contribution is 2.21. The molecule has 0 saturated carbocycles. The van der Waals surface area contributed by atoms with Crippen LogP contribution in [0.5, 0.6) is 5.75 Å². The van der Waals surface area contributed by atoms with Crippen molar-refractivity contribution >= 4 is 21.4 Å². The van der Waals surface area contributed by atoms with Gasteiger partial charge in [0.05, 0.1) is 6.10 Å². The molecule has 2 nitrogen and oxygen atoms in total. The standard InChI is InChI=1S/C9H13O2P.ClH/c1-8(2)10-12-11-9-6-4-3-5-7-9;/h3-8,12H,1-2H3;1H. The van der Waals surface area contributed by atoms with Crippen molar-refractivity contribution < 1.29 is 9.05 Å². The number of rotatable bonds is 4. The molecule has 0 heterocycles. The smallest absolute Gasteiger partial charge is 0.215 e. The van der Waals surface area contributed by atoms with Gasteiger partial charge in [0.25, 0.3) is 0 Å². The zero-order valence-electron chi connectivity index (χ0n) is 7.69. The maximum absolute atomic E-state index is 5.32. The van der Waals surface area contributed by atoms with Gasteiger partial charge in [-0.05, 0) is 26.0 Å². The molecule has 0 radical (unpaired) electrons. The number of benzene rings is 1. The van der Waals surface area contributed by atoms with Crippen LogP contribution in [0.1, 0.15) is 13.8 Å². The maximum Gasteiger partial charge on any atom is 0.215 e. The van der Waals surface area contributed by atoms with Crippen molar-refractivity contribution in [1.82, 2.24) is 0 Å². The minimum Gasteiger partial charge on any atom is -0.450 e. The van der Waals surface area contributed by atoms with Gasteiger partial charge in [-0.3, -0.25) is 0 Å². The Morgan fingerprint density at radius 2 is 1.77 bits per heavy atom. The molecule has 1 aromatic rings. The van der Waals surface area contributed by atoms with Crippen LogP contribution in [0.25, 0.3) is 0 Å². The topological polar surface area (TPSA) is 18.5 Å². The lowest BCUT2D eigenvalue weighted by Gasteiger charge is -2.07. The predicted octanol–water partition coefficient (Wildman–Crippen LogP) is 3.42. The number of hydrogen-bond donors (Lipinski definition) is 0. The largest absolute Gasteiger partial charge is 0.450 e. The van der Waals surface area contributed by atoms with Crippen LogP contribution >= 0.6 is 21.4 Å². The first-order chi connectivity index (χ1) is 5.79. The molecule has 0 N–H and O–H groups in total. The number of para-hydroxylation sites is 1. The monoisotopic (exact) mass is 220 g/mol. The van der Waals surface area contributed by atoms with E-state index in [1.165, 1.54) is 0 Å². The Labute approximate surface area is 87.0 Å². The molecule has 1 aromatic carbocycles. The summed E-state index contributed by atoms with van der Waals surface area (Å²) in [5.74, 6) is 0.858. The van der Waals surface area contributed by atoms with Crippen molar-refractivity contribution in [3.63, 3.8) is 0 Å². The summed E-state index contributed by atoms with van der Waals surface area (Å²) in [5.41, 5.74) is 0. The zero-order chi connectivity index (χ0) is 8.81. The highest BCUT2D eigenvalue weighted by Gasteiger charge is 1.94. The molecule has 4 heteroatoms. The van der Waals surface area contributed by atoms with E-state index >= 15 is 0 Å². The molecular formula is C9H14ClO2P. The van der Waals surface area contributed by atoms with Gasteiger partial charge in [-0.1, -0.05) is 18.2 Å². The lowest BCUT2D eigenvalue weighted by atomic mass is 10.3. The van der Waals surface area contributed by atoms with Crippen molar-refractivity contribution in [3.8, 4) is 5.75 Å². The molecule has 1 rings (SSSR count). The average Bonchev–Trinajstić information content (AvgIpc) is 2.05. The van der Waals surface area contributed by atoms with Gasteiger partial charge in [0.15, 0.2) is 0 Å². The van der Waals surface area contributed by atoms with Crippen LogP contribution in [-0.2, 0) is 4.52 Å². The summed E-state index contributed by atoms with van der Waals surface area (Å²) in [6.45, 7) is 3.97. The van der Waals surface area contributed by atoms with Crippen LogP contribution < -0.4 is 4.52 Å². The Morgan fingerprint density at radius 1 is 1.15 bits per heavy atom. The maximum atomic E-state index is 5.32. The molecule has 0 spiro atoms. The molecule has 0 saturated heterocycles. The van der Waals surface area contributed by atoms with Crippen LogP contribution in [0, 0.1) is 0 Å². The van der Waals surface area contributed by atoms with E-state index in [1.807, 2.05) is 44.2 Å². The summed E-state index contributed by atoms with van der Waals surface area (Å²) in [5, 5.41) is 0. The second kappa shape index (κ2) is 7.14. The quantitative estimate of drug-likeness (QED) is 0.724. The van der Waals surface area contributed by atoms with Crippen LogP contribution in [0.3, 0.4) is 0 Å². The van der Waals surface area contributed by atoms with Gasteiger partial charge in [0, 0.05) is 0 Å². The van der Waals surface area contributed by atoms with Gasteiger partial charge < -0.3 is 9.05 Å². The second-order valence-corrected chi connectivity index (χ2v) is 3.27. The molecule has 1 unspecified atom stereocenters. The molecular weight excluding hydrogens is 207 g/mol. The summed E-state index contributed by atoms with van der Waals surface area (Å²) in [4.78, 5) is 0. The molecule has 0 bridgehead atoms. The van der Waals surface area contributed by atoms with Gasteiger partial charge in [-0.15, -0.1) is 12.4 Å². The van der Waals surface area contributed by atoms with E-state index in [9.17, 15) is 0 Å². The molecule has 0 fully saturated rings. The minimum absolute atomic E-state index is 0. The van der Waals surface area contributed by atoms with Gasteiger partial charge >= 0.3 is 0 Å². The molecule has 0 aliphatic heterocycles. The van der Waals surface area contributed by atoms with Crippen molar-refractivity contribution in [1.29, 1.82) is 0 Å². The molecule has 1 atom stereocenters. The molecule has 0 aliphatic rings. The normalized spacial score (nSPS) is 10.4. The summed E-state index contributed by atoms with van der Waals surface area (Å²) >= 11 is 0. The lowest BCUT2D eigenvalue weighted by Crippen LogP contribution is -1.94. The fraction of sp³-hybridized carbons (Fsp3) is 0.333. The first-order valence-electron chi connectivity index (χ1n) is 3.91. The Hall–Kier alpha value is -0.300. The first kappa shape index (κ1) is 12.7. The average molecular weight is 221 g/mol. The Morgan fingerprint density at radius 3 is 2.31 bits per heavy atom. The van der Waals surface area contributed by atoms with Crippen molar-refractivity contribution in [2.45, 2.75) is 20.0 Å². The van der Waals surface area contributed by atoms with E-state index in [1.54, 1.807) is 0 Å². The summed E-state index contributed by atoms with van der Waals surface area (Å²) in [6.07, 6.45) is 0.229. The van der Waals surface area contributed by atoms with E-state index in [-0.39, 0.29) is 27.5 Å². The van der Waals surface area contributed by atoms with E-state index in [2.05, 4.69) is 0 Å². The Bertz CT molecular complexity index is 216. The van der Waals surface area contributed by atoms with Gasteiger partial charge in [-0.25, -0.2) is 0 Å². The van der Waals surface area contributed by atoms with E-state index in [0.29, 0.717) is 0 Å². The van der Waals surface area contributed by atoms with Crippen LogP contribution in [0.2, 0.25) is 0 Å². The molecule has 0 aliphatic carbocycles. The van der Waals surface area contributed by atoms with Gasteiger partial charge in [0.2, 0.25) is 9.03 Å². The third kappa shape index (κ3) is 5.87. The third-order valence-electron chi connectivity index (χ3n) is 1.19. The second-order valence-electron chi connectivity index (χ2n) is 2.67. The number of halogens is 1.